The fraction of sp³-hybridized carbons (Fsp3) is 0.368. The van der Waals surface area contributed by atoms with E-state index in [0.29, 0.717) is 29.6 Å². The first-order chi connectivity index (χ1) is 11.8. The molecular weight excluding hydrogens is 338 g/mol. The molecule has 0 fully saturated rings. The number of halogens is 1. The third-order valence-electron chi connectivity index (χ3n) is 4.28. The van der Waals surface area contributed by atoms with Gasteiger partial charge in [0.25, 0.3) is 0 Å². The molecule has 0 saturated carbocycles. The summed E-state index contributed by atoms with van der Waals surface area (Å²) in [5.74, 6) is -0.994. The number of carbonyl (C=O) groups is 2. The second-order valence-corrected chi connectivity index (χ2v) is 6.96. The smallest absolute Gasteiger partial charge is 0.313 e. The Bertz CT molecular complexity index is 776. The number of likely N-dealkylation sites (N-methyl/N-ethyl adjacent to an activating group) is 1. The summed E-state index contributed by atoms with van der Waals surface area (Å²) in [6, 6.07) is 11.2. The zero-order chi connectivity index (χ0) is 18.6. The molecule has 6 heteroatoms. The topological polar surface area (TPSA) is 75.4 Å². The molecule has 0 saturated heterocycles. The molecule has 2 amide bonds. The third-order valence-corrected chi connectivity index (χ3v) is 4.59. The number of benzene rings is 2. The van der Waals surface area contributed by atoms with Crippen molar-refractivity contribution < 1.29 is 9.59 Å². The highest BCUT2D eigenvalue weighted by atomic mass is 35.5. The van der Waals surface area contributed by atoms with Crippen LogP contribution < -0.4 is 11.1 Å². The number of rotatable bonds is 5. The maximum Gasteiger partial charge on any atom is 0.313 e. The van der Waals surface area contributed by atoms with Gasteiger partial charge in [-0.3, -0.25) is 9.59 Å². The highest BCUT2D eigenvalue weighted by Crippen LogP contribution is 2.28. The van der Waals surface area contributed by atoms with Crippen LogP contribution in [0.3, 0.4) is 0 Å². The van der Waals surface area contributed by atoms with E-state index in [0.717, 1.165) is 10.8 Å². The number of amides is 2. The normalized spacial score (nSPS) is 12.2. The molecule has 0 aromatic heterocycles. The molecular formula is C19H24ClN3O2. The molecule has 0 aliphatic carbocycles. The number of fused-ring (bicyclic) bond motifs is 1. The number of nitrogens with two attached hydrogens (primary N) is 1. The van der Waals surface area contributed by atoms with Gasteiger partial charge in [0.1, 0.15) is 0 Å². The van der Waals surface area contributed by atoms with Crippen LogP contribution in [0, 0.1) is 5.92 Å². The molecule has 25 heavy (non-hydrogen) atoms. The van der Waals surface area contributed by atoms with E-state index < -0.39 is 11.8 Å². The van der Waals surface area contributed by atoms with E-state index in [1.54, 1.807) is 19.2 Å². The Kier molecular flexibility index (Phi) is 6.39. The van der Waals surface area contributed by atoms with Gasteiger partial charge in [0.05, 0.1) is 10.7 Å². The van der Waals surface area contributed by atoms with Crippen molar-refractivity contribution in [2.45, 2.75) is 26.3 Å². The summed E-state index contributed by atoms with van der Waals surface area (Å²) in [6.45, 7) is 4.49. The van der Waals surface area contributed by atoms with Crippen molar-refractivity contribution in [3.05, 3.63) is 41.4 Å². The maximum atomic E-state index is 12.2. The van der Waals surface area contributed by atoms with Crippen LogP contribution in [0.1, 0.15) is 20.3 Å². The standard InChI is InChI=1S/C19H24ClN3O2/c1-12(2)16(21)8-9-23(3)19(25)18(24)22-17-11-14-7-5-4-6-13(14)10-15(17)20/h4-7,10-12,16H,8-9,21H2,1-3H3,(H,22,24). The summed E-state index contributed by atoms with van der Waals surface area (Å²) in [5.41, 5.74) is 6.40. The number of hydrogen-bond donors (Lipinski definition) is 2. The van der Waals surface area contributed by atoms with E-state index >= 15 is 0 Å². The minimum atomic E-state index is -0.710. The summed E-state index contributed by atoms with van der Waals surface area (Å²) in [6.07, 6.45) is 0.643. The van der Waals surface area contributed by atoms with E-state index in [1.165, 1.54) is 4.90 Å². The van der Waals surface area contributed by atoms with Crippen LogP contribution in [0.25, 0.3) is 10.8 Å². The van der Waals surface area contributed by atoms with Gasteiger partial charge in [-0.25, -0.2) is 0 Å². The Morgan fingerprint density at radius 2 is 1.80 bits per heavy atom. The van der Waals surface area contributed by atoms with Gasteiger partial charge in [0.15, 0.2) is 0 Å². The predicted octanol–water partition coefficient (Wildman–Crippen LogP) is 3.26. The highest BCUT2D eigenvalue weighted by molar-refractivity contribution is 6.41. The molecule has 2 rings (SSSR count). The molecule has 3 N–H and O–H groups in total. The highest BCUT2D eigenvalue weighted by Gasteiger charge is 2.20. The molecule has 2 aromatic carbocycles. The lowest BCUT2D eigenvalue weighted by Gasteiger charge is -2.21. The van der Waals surface area contributed by atoms with Crippen LogP contribution in [0.4, 0.5) is 5.69 Å². The van der Waals surface area contributed by atoms with Crippen molar-refractivity contribution in [2.75, 3.05) is 18.9 Å². The van der Waals surface area contributed by atoms with Gasteiger partial charge in [0.2, 0.25) is 0 Å². The minimum absolute atomic E-state index is 0.00626. The molecule has 0 aliphatic heterocycles. The van der Waals surface area contributed by atoms with Crippen molar-refractivity contribution in [3.63, 3.8) is 0 Å². The number of anilines is 1. The first-order valence-corrected chi connectivity index (χ1v) is 8.67. The zero-order valence-corrected chi connectivity index (χ0v) is 15.5. The van der Waals surface area contributed by atoms with E-state index in [1.807, 2.05) is 38.1 Å². The Labute approximate surface area is 153 Å². The van der Waals surface area contributed by atoms with Crippen LogP contribution in [-0.4, -0.2) is 36.3 Å². The predicted molar refractivity (Wildman–Crippen MR) is 103 cm³/mol. The summed E-state index contributed by atoms with van der Waals surface area (Å²) in [4.78, 5) is 25.8. The molecule has 0 spiro atoms. The van der Waals surface area contributed by atoms with Gasteiger partial charge in [-0.15, -0.1) is 0 Å². The van der Waals surface area contributed by atoms with Gasteiger partial charge in [-0.2, -0.15) is 0 Å². The average Bonchev–Trinajstić information content (AvgIpc) is 2.58. The Morgan fingerprint density at radius 3 is 2.40 bits per heavy atom. The fourth-order valence-corrected chi connectivity index (χ4v) is 2.65. The number of nitrogens with zero attached hydrogens (tertiary/aromatic N) is 1. The molecule has 1 atom stereocenters. The monoisotopic (exact) mass is 361 g/mol. The summed E-state index contributed by atoms with van der Waals surface area (Å²) >= 11 is 6.21. The van der Waals surface area contributed by atoms with Crippen LogP contribution in [0.15, 0.2) is 36.4 Å². The van der Waals surface area contributed by atoms with E-state index in [2.05, 4.69) is 5.32 Å². The molecule has 0 radical (unpaired) electrons. The van der Waals surface area contributed by atoms with Gasteiger partial charge in [-0.05, 0) is 35.2 Å². The summed E-state index contributed by atoms with van der Waals surface area (Å²) < 4.78 is 0. The minimum Gasteiger partial charge on any atom is -0.337 e. The lowest BCUT2D eigenvalue weighted by molar-refractivity contribution is -0.142. The largest absolute Gasteiger partial charge is 0.337 e. The van der Waals surface area contributed by atoms with E-state index in [-0.39, 0.29) is 6.04 Å². The third kappa shape index (κ3) is 4.94. The van der Waals surface area contributed by atoms with Gasteiger partial charge >= 0.3 is 11.8 Å². The zero-order valence-electron chi connectivity index (χ0n) is 14.8. The second kappa shape index (κ2) is 8.32. The summed E-state index contributed by atoms with van der Waals surface area (Å²) in [5, 5.41) is 4.90. The lowest BCUT2D eigenvalue weighted by atomic mass is 10.0. The molecule has 1 unspecified atom stereocenters. The van der Waals surface area contributed by atoms with Crippen LogP contribution in [0.5, 0.6) is 0 Å². The Morgan fingerprint density at radius 1 is 1.20 bits per heavy atom. The van der Waals surface area contributed by atoms with Crippen molar-refractivity contribution in [1.29, 1.82) is 0 Å². The SMILES string of the molecule is CC(C)C(N)CCN(C)C(=O)C(=O)Nc1cc2ccccc2cc1Cl. The first kappa shape index (κ1) is 19.2. The van der Waals surface area contributed by atoms with Crippen LogP contribution in [0.2, 0.25) is 5.02 Å². The molecule has 0 heterocycles. The molecule has 134 valence electrons. The van der Waals surface area contributed by atoms with Gasteiger partial charge in [0, 0.05) is 19.6 Å². The molecule has 0 bridgehead atoms. The van der Waals surface area contributed by atoms with Crippen molar-refractivity contribution >= 4 is 39.9 Å². The molecule has 2 aromatic rings. The second-order valence-electron chi connectivity index (χ2n) is 6.56. The van der Waals surface area contributed by atoms with E-state index in [9.17, 15) is 9.59 Å². The quantitative estimate of drug-likeness (QED) is 0.802. The maximum absolute atomic E-state index is 12.2. The van der Waals surface area contributed by atoms with Crippen LogP contribution >= 0.6 is 11.6 Å². The fourth-order valence-electron chi connectivity index (χ4n) is 2.44. The first-order valence-electron chi connectivity index (χ1n) is 8.30. The van der Waals surface area contributed by atoms with Gasteiger partial charge < -0.3 is 16.0 Å². The van der Waals surface area contributed by atoms with Crippen LogP contribution in [-0.2, 0) is 9.59 Å². The Hall–Kier alpha value is -2.11. The summed E-state index contributed by atoms with van der Waals surface area (Å²) in [7, 11) is 1.59. The number of carbonyl (C=O) groups excluding carboxylic acids is 2. The Balaban J connectivity index is 2.03. The number of nitrogens with one attached hydrogen (secondary N) is 1. The molecule has 5 nitrogen and oxygen atoms in total. The van der Waals surface area contributed by atoms with Gasteiger partial charge in [-0.1, -0.05) is 49.7 Å². The van der Waals surface area contributed by atoms with Crippen molar-refractivity contribution in [1.82, 2.24) is 4.90 Å². The average molecular weight is 362 g/mol. The van der Waals surface area contributed by atoms with Crippen molar-refractivity contribution in [2.24, 2.45) is 11.7 Å². The van der Waals surface area contributed by atoms with E-state index in [4.69, 9.17) is 17.3 Å². The molecule has 0 aliphatic rings. The number of hydrogen-bond acceptors (Lipinski definition) is 3. The lowest BCUT2D eigenvalue weighted by Crippen LogP contribution is -2.40. The van der Waals surface area contributed by atoms with Crippen molar-refractivity contribution in [3.8, 4) is 0 Å².